The van der Waals surface area contributed by atoms with Crippen LogP contribution in [0.25, 0.3) is 10.8 Å². The first-order chi connectivity index (χ1) is 11.3. The fourth-order valence-corrected chi connectivity index (χ4v) is 2.85. The standard InChI is InChI=1S/C19H14ClNO2/c20-15-8-5-13(6-9-15)11-23-21-17-12-22-18-10-7-14-3-1-2-4-16(14)19(17)18/h1-10H,11-12H2/b21-17-. The summed E-state index contributed by atoms with van der Waals surface area (Å²) in [6, 6.07) is 19.8. The van der Waals surface area contributed by atoms with Gasteiger partial charge in [-0.2, -0.15) is 0 Å². The summed E-state index contributed by atoms with van der Waals surface area (Å²) in [6.45, 7) is 0.838. The lowest BCUT2D eigenvalue weighted by molar-refractivity contribution is 0.129. The minimum atomic E-state index is 0.404. The number of hydrogen-bond acceptors (Lipinski definition) is 3. The van der Waals surface area contributed by atoms with Crippen LogP contribution in [-0.4, -0.2) is 12.3 Å². The van der Waals surface area contributed by atoms with Crippen LogP contribution in [0.3, 0.4) is 0 Å². The fraction of sp³-hybridized carbons (Fsp3) is 0.105. The van der Waals surface area contributed by atoms with Crippen LogP contribution in [0.15, 0.2) is 65.8 Å². The van der Waals surface area contributed by atoms with Crippen molar-refractivity contribution in [1.29, 1.82) is 0 Å². The molecule has 4 heteroatoms. The molecule has 1 heterocycles. The normalized spacial score (nSPS) is 14.7. The summed E-state index contributed by atoms with van der Waals surface area (Å²) in [5, 5.41) is 7.31. The second kappa shape index (κ2) is 5.94. The Bertz CT molecular complexity index is 888. The van der Waals surface area contributed by atoms with Crippen LogP contribution in [0, 0.1) is 0 Å². The lowest BCUT2D eigenvalue weighted by Gasteiger charge is -2.04. The lowest BCUT2D eigenvalue weighted by Crippen LogP contribution is -2.04. The van der Waals surface area contributed by atoms with Crippen molar-refractivity contribution < 1.29 is 9.57 Å². The largest absolute Gasteiger partial charge is 0.486 e. The van der Waals surface area contributed by atoms with Gasteiger partial charge in [0.25, 0.3) is 0 Å². The Kier molecular flexibility index (Phi) is 3.64. The number of oxime groups is 1. The van der Waals surface area contributed by atoms with Gasteiger partial charge in [0.2, 0.25) is 0 Å². The Morgan fingerprint density at radius 2 is 1.83 bits per heavy atom. The van der Waals surface area contributed by atoms with E-state index in [2.05, 4.69) is 23.4 Å². The molecule has 0 N–H and O–H groups in total. The van der Waals surface area contributed by atoms with Gasteiger partial charge in [0.1, 0.15) is 24.7 Å². The number of rotatable bonds is 3. The van der Waals surface area contributed by atoms with Crippen LogP contribution in [0.2, 0.25) is 5.02 Å². The number of fused-ring (bicyclic) bond motifs is 3. The van der Waals surface area contributed by atoms with Gasteiger partial charge in [-0.3, -0.25) is 0 Å². The van der Waals surface area contributed by atoms with E-state index in [1.165, 1.54) is 5.39 Å². The zero-order valence-electron chi connectivity index (χ0n) is 12.3. The van der Waals surface area contributed by atoms with Gasteiger partial charge in [0.05, 0.1) is 5.56 Å². The van der Waals surface area contributed by atoms with E-state index in [1.807, 2.05) is 42.5 Å². The summed E-state index contributed by atoms with van der Waals surface area (Å²) in [7, 11) is 0. The lowest BCUT2D eigenvalue weighted by atomic mass is 10.0. The molecule has 0 spiro atoms. The van der Waals surface area contributed by atoms with Crippen molar-refractivity contribution in [1.82, 2.24) is 0 Å². The molecule has 0 saturated heterocycles. The Hall–Kier alpha value is -2.52. The summed E-state index contributed by atoms with van der Waals surface area (Å²) in [5.74, 6) is 0.859. The zero-order valence-corrected chi connectivity index (χ0v) is 13.1. The Morgan fingerprint density at radius 1 is 1.00 bits per heavy atom. The van der Waals surface area contributed by atoms with E-state index in [0.29, 0.717) is 18.2 Å². The van der Waals surface area contributed by atoms with Crippen molar-refractivity contribution in [2.75, 3.05) is 6.61 Å². The van der Waals surface area contributed by atoms with Crippen molar-refractivity contribution in [2.24, 2.45) is 5.16 Å². The first-order valence-corrected chi connectivity index (χ1v) is 7.77. The zero-order chi connectivity index (χ0) is 15.6. The number of nitrogens with zero attached hydrogens (tertiary/aromatic N) is 1. The topological polar surface area (TPSA) is 30.8 Å². The van der Waals surface area contributed by atoms with Crippen LogP contribution >= 0.6 is 11.6 Å². The third kappa shape index (κ3) is 2.76. The summed E-state index contributed by atoms with van der Waals surface area (Å²) in [4.78, 5) is 5.51. The van der Waals surface area contributed by atoms with Crippen LogP contribution in [0.5, 0.6) is 5.75 Å². The van der Waals surface area contributed by atoms with E-state index in [1.54, 1.807) is 0 Å². The van der Waals surface area contributed by atoms with E-state index in [0.717, 1.165) is 28.0 Å². The second-order valence-electron chi connectivity index (χ2n) is 5.39. The Morgan fingerprint density at radius 3 is 2.70 bits per heavy atom. The predicted octanol–water partition coefficient (Wildman–Crippen LogP) is 4.81. The highest BCUT2D eigenvalue weighted by Crippen LogP contribution is 2.32. The van der Waals surface area contributed by atoms with Gasteiger partial charge in [-0.25, -0.2) is 0 Å². The van der Waals surface area contributed by atoms with Crippen molar-refractivity contribution in [2.45, 2.75) is 6.61 Å². The molecular weight excluding hydrogens is 310 g/mol. The molecule has 4 rings (SSSR count). The van der Waals surface area contributed by atoms with E-state index < -0.39 is 0 Å². The van der Waals surface area contributed by atoms with Gasteiger partial charge in [-0.15, -0.1) is 0 Å². The molecule has 1 aliphatic heterocycles. The molecule has 0 unspecified atom stereocenters. The van der Waals surface area contributed by atoms with Crippen molar-refractivity contribution in [3.8, 4) is 5.75 Å². The second-order valence-corrected chi connectivity index (χ2v) is 5.82. The molecule has 114 valence electrons. The molecule has 0 radical (unpaired) electrons. The van der Waals surface area contributed by atoms with Gasteiger partial charge in [0.15, 0.2) is 0 Å². The van der Waals surface area contributed by atoms with Crippen LogP contribution < -0.4 is 4.74 Å². The van der Waals surface area contributed by atoms with Gasteiger partial charge in [-0.05, 0) is 34.5 Å². The first kappa shape index (κ1) is 14.1. The van der Waals surface area contributed by atoms with E-state index >= 15 is 0 Å². The number of hydrogen-bond donors (Lipinski definition) is 0. The fourth-order valence-electron chi connectivity index (χ4n) is 2.73. The highest BCUT2D eigenvalue weighted by atomic mass is 35.5. The Labute approximate surface area is 139 Å². The molecule has 0 amide bonds. The van der Waals surface area contributed by atoms with E-state index in [4.69, 9.17) is 21.2 Å². The average molecular weight is 324 g/mol. The summed E-state index contributed by atoms with van der Waals surface area (Å²) < 4.78 is 5.71. The minimum Gasteiger partial charge on any atom is -0.486 e. The molecule has 0 aromatic heterocycles. The average Bonchev–Trinajstić information content (AvgIpc) is 3.00. The van der Waals surface area contributed by atoms with Gasteiger partial charge in [-0.1, -0.05) is 59.2 Å². The van der Waals surface area contributed by atoms with Crippen molar-refractivity contribution >= 4 is 28.1 Å². The summed E-state index contributed by atoms with van der Waals surface area (Å²) in [6.07, 6.45) is 0. The minimum absolute atomic E-state index is 0.404. The molecule has 0 atom stereocenters. The van der Waals surface area contributed by atoms with Crippen LogP contribution in [-0.2, 0) is 11.4 Å². The predicted molar refractivity (Wildman–Crippen MR) is 92.2 cm³/mol. The maximum absolute atomic E-state index is 5.88. The number of ether oxygens (including phenoxy) is 1. The third-order valence-corrected chi connectivity index (χ3v) is 4.11. The molecule has 3 nitrogen and oxygen atoms in total. The molecule has 3 aromatic carbocycles. The molecule has 3 aromatic rings. The molecule has 0 bridgehead atoms. The third-order valence-electron chi connectivity index (χ3n) is 3.86. The van der Waals surface area contributed by atoms with Crippen molar-refractivity contribution in [3.63, 3.8) is 0 Å². The maximum atomic E-state index is 5.88. The van der Waals surface area contributed by atoms with Crippen LogP contribution in [0.1, 0.15) is 11.1 Å². The number of benzene rings is 3. The first-order valence-electron chi connectivity index (χ1n) is 7.39. The van der Waals surface area contributed by atoms with Gasteiger partial charge < -0.3 is 9.57 Å². The maximum Gasteiger partial charge on any atom is 0.142 e. The Balaban J connectivity index is 1.60. The molecule has 23 heavy (non-hydrogen) atoms. The molecule has 0 saturated carbocycles. The summed E-state index contributed by atoms with van der Waals surface area (Å²) >= 11 is 5.88. The SMILES string of the molecule is Clc1ccc(CO/N=C2/COc3ccc4ccccc4c32)cc1. The molecule has 0 aliphatic carbocycles. The molecular formula is C19H14ClNO2. The van der Waals surface area contributed by atoms with E-state index in [-0.39, 0.29) is 0 Å². The molecule has 0 fully saturated rings. The number of halogens is 1. The smallest absolute Gasteiger partial charge is 0.142 e. The van der Waals surface area contributed by atoms with Gasteiger partial charge >= 0.3 is 0 Å². The highest BCUT2D eigenvalue weighted by molar-refractivity contribution is 6.30. The molecule has 1 aliphatic rings. The van der Waals surface area contributed by atoms with Gasteiger partial charge in [0, 0.05) is 5.02 Å². The summed E-state index contributed by atoms with van der Waals surface area (Å²) in [5.41, 5.74) is 2.88. The van der Waals surface area contributed by atoms with Crippen molar-refractivity contribution in [3.05, 3.63) is 76.8 Å². The van der Waals surface area contributed by atoms with E-state index in [9.17, 15) is 0 Å². The quantitative estimate of drug-likeness (QED) is 0.648. The van der Waals surface area contributed by atoms with Crippen LogP contribution in [0.4, 0.5) is 0 Å². The highest BCUT2D eigenvalue weighted by Gasteiger charge is 2.22. The monoisotopic (exact) mass is 323 g/mol.